The van der Waals surface area contributed by atoms with Crippen LogP contribution in [0.2, 0.25) is 0 Å². The highest BCUT2D eigenvalue weighted by Crippen LogP contribution is 2.27. The van der Waals surface area contributed by atoms with Crippen molar-refractivity contribution in [2.45, 2.75) is 25.8 Å². The van der Waals surface area contributed by atoms with Crippen LogP contribution in [0.3, 0.4) is 0 Å². The van der Waals surface area contributed by atoms with E-state index in [1.165, 1.54) is 0 Å². The van der Waals surface area contributed by atoms with E-state index in [0.717, 1.165) is 49.1 Å². The van der Waals surface area contributed by atoms with Gasteiger partial charge in [0.1, 0.15) is 5.52 Å². The monoisotopic (exact) mass is 329 g/mol. The lowest BCUT2D eigenvalue weighted by molar-refractivity contribution is 0.0952. The standard InChI is InChI=1S/C18H27N5O/c1-13-15-5-4-6-16(18(24)20-11-12-22(2)3)17(15)21-23(13)14-7-9-19-10-8-14/h4-6,14,19H,7-12H2,1-3H3,(H,20,24). The third-order valence-corrected chi connectivity index (χ3v) is 4.72. The van der Waals surface area contributed by atoms with Gasteiger partial charge >= 0.3 is 0 Å². The molecule has 0 radical (unpaired) electrons. The van der Waals surface area contributed by atoms with Gasteiger partial charge in [-0.15, -0.1) is 0 Å². The van der Waals surface area contributed by atoms with Gasteiger partial charge in [-0.05, 0) is 53.0 Å². The molecule has 6 heteroatoms. The number of likely N-dealkylation sites (N-methyl/N-ethyl adjacent to an activating group) is 1. The van der Waals surface area contributed by atoms with Gasteiger partial charge in [0.15, 0.2) is 0 Å². The van der Waals surface area contributed by atoms with Crippen molar-refractivity contribution in [1.29, 1.82) is 0 Å². The summed E-state index contributed by atoms with van der Waals surface area (Å²) in [6.07, 6.45) is 2.17. The predicted octanol–water partition coefficient (Wildman–Crippen LogP) is 1.56. The fourth-order valence-corrected chi connectivity index (χ4v) is 3.33. The summed E-state index contributed by atoms with van der Waals surface area (Å²) in [5.41, 5.74) is 2.64. The molecule has 0 unspecified atom stereocenters. The van der Waals surface area contributed by atoms with Crippen molar-refractivity contribution >= 4 is 16.8 Å². The predicted molar refractivity (Wildman–Crippen MR) is 96.5 cm³/mol. The number of hydrogen-bond donors (Lipinski definition) is 2. The molecule has 3 rings (SSSR count). The lowest BCUT2D eigenvalue weighted by Gasteiger charge is -2.24. The van der Waals surface area contributed by atoms with Crippen LogP contribution in [0.15, 0.2) is 18.2 Å². The maximum Gasteiger partial charge on any atom is 0.253 e. The molecule has 2 N–H and O–H groups in total. The molecule has 1 saturated heterocycles. The minimum Gasteiger partial charge on any atom is -0.351 e. The summed E-state index contributed by atoms with van der Waals surface area (Å²) in [6, 6.07) is 6.30. The van der Waals surface area contributed by atoms with Gasteiger partial charge < -0.3 is 15.5 Å². The summed E-state index contributed by atoms with van der Waals surface area (Å²) >= 11 is 0. The topological polar surface area (TPSA) is 62.2 Å². The molecule has 1 amide bonds. The van der Waals surface area contributed by atoms with Gasteiger partial charge in [0.25, 0.3) is 5.91 Å². The number of benzene rings is 1. The summed E-state index contributed by atoms with van der Waals surface area (Å²) in [6.45, 7) is 5.61. The third-order valence-electron chi connectivity index (χ3n) is 4.72. The van der Waals surface area contributed by atoms with Gasteiger partial charge in [0.2, 0.25) is 0 Å². The molecule has 1 aliphatic rings. The molecule has 0 bridgehead atoms. The number of piperidine rings is 1. The Hall–Kier alpha value is -1.92. The van der Waals surface area contributed by atoms with E-state index in [-0.39, 0.29) is 5.91 Å². The number of carbonyl (C=O) groups excluding carboxylic acids is 1. The molecule has 2 heterocycles. The van der Waals surface area contributed by atoms with Crippen LogP contribution in [0, 0.1) is 6.92 Å². The molecule has 1 aromatic heterocycles. The Morgan fingerprint density at radius 3 is 2.83 bits per heavy atom. The van der Waals surface area contributed by atoms with E-state index in [0.29, 0.717) is 18.2 Å². The first-order chi connectivity index (χ1) is 11.6. The molecule has 24 heavy (non-hydrogen) atoms. The molecule has 1 aromatic carbocycles. The average Bonchev–Trinajstić information content (AvgIpc) is 2.92. The van der Waals surface area contributed by atoms with Crippen molar-refractivity contribution in [1.82, 2.24) is 25.3 Å². The lowest BCUT2D eigenvalue weighted by atomic mass is 10.1. The van der Waals surface area contributed by atoms with Gasteiger partial charge in [-0.3, -0.25) is 9.48 Å². The molecule has 130 valence electrons. The maximum absolute atomic E-state index is 12.5. The van der Waals surface area contributed by atoms with E-state index >= 15 is 0 Å². The third kappa shape index (κ3) is 3.44. The summed E-state index contributed by atoms with van der Waals surface area (Å²) in [5.74, 6) is -0.0441. The molecule has 0 atom stereocenters. The van der Waals surface area contributed by atoms with E-state index in [2.05, 4.69) is 33.2 Å². The van der Waals surface area contributed by atoms with E-state index < -0.39 is 0 Å². The molecule has 1 aliphatic heterocycles. The smallest absolute Gasteiger partial charge is 0.253 e. The zero-order valence-electron chi connectivity index (χ0n) is 14.8. The number of fused-ring (bicyclic) bond motifs is 1. The second kappa shape index (κ2) is 7.32. The Kier molecular flexibility index (Phi) is 5.16. The first-order valence-electron chi connectivity index (χ1n) is 8.69. The number of nitrogens with zero attached hydrogens (tertiary/aromatic N) is 3. The SMILES string of the molecule is Cc1c2cccc(C(=O)NCCN(C)C)c2nn1C1CCNCC1. The van der Waals surface area contributed by atoms with Crippen LogP contribution in [0.25, 0.3) is 10.9 Å². The molecule has 2 aromatic rings. The number of aryl methyl sites for hydroxylation is 1. The van der Waals surface area contributed by atoms with Gasteiger partial charge in [-0.25, -0.2) is 0 Å². The second-order valence-corrected chi connectivity index (χ2v) is 6.77. The van der Waals surface area contributed by atoms with Crippen LogP contribution >= 0.6 is 0 Å². The molecule has 0 spiro atoms. The lowest BCUT2D eigenvalue weighted by Crippen LogP contribution is -2.31. The number of aromatic nitrogens is 2. The van der Waals surface area contributed by atoms with Crippen molar-refractivity contribution in [3.05, 3.63) is 29.5 Å². The van der Waals surface area contributed by atoms with Gasteiger partial charge in [-0.2, -0.15) is 5.10 Å². The van der Waals surface area contributed by atoms with Crippen LogP contribution in [0.4, 0.5) is 0 Å². The fourth-order valence-electron chi connectivity index (χ4n) is 3.33. The van der Waals surface area contributed by atoms with E-state index in [1.54, 1.807) is 0 Å². The Balaban J connectivity index is 1.88. The quantitative estimate of drug-likeness (QED) is 0.874. The highest BCUT2D eigenvalue weighted by molar-refractivity contribution is 6.06. The second-order valence-electron chi connectivity index (χ2n) is 6.77. The minimum atomic E-state index is -0.0441. The van der Waals surface area contributed by atoms with Crippen molar-refractivity contribution in [2.75, 3.05) is 40.3 Å². The zero-order valence-corrected chi connectivity index (χ0v) is 14.8. The number of rotatable bonds is 5. The molecule has 6 nitrogen and oxygen atoms in total. The van der Waals surface area contributed by atoms with Crippen molar-refractivity contribution in [2.24, 2.45) is 0 Å². The van der Waals surface area contributed by atoms with Crippen LogP contribution in [-0.2, 0) is 0 Å². The molecule has 1 fully saturated rings. The highest BCUT2D eigenvalue weighted by Gasteiger charge is 2.21. The Labute approximate surface area is 143 Å². The van der Waals surface area contributed by atoms with Crippen molar-refractivity contribution in [3.63, 3.8) is 0 Å². The summed E-state index contributed by atoms with van der Waals surface area (Å²) < 4.78 is 2.13. The normalized spacial score (nSPS) is 16.0. The Morgan fingerprint density at radius 1 is 1.38 bits per heavy atom. The van der Waals surface area contributed by atoms with Gasteiger partial charge in [0.05, 0.1) is 11.6 Å². The molecule has 0 aliphatic carbocycles. The Bertz CT molecular complexity index is 716. The fraction of sp³-hybridized carbons (Fsp3) is 0.556. The maximum atomic E-state index is 12.5. The van der Waals surface area contributed by atoms with E-state index in [4.69, 9.17) is 5.10 Å². The number of hydrogen-bond acceptors (Lipinski definition) is 4. The van der Waals surface area contributed by atoms with E-state index in [1.807, 2.05) is 26.2 Å². The largest absolute Gasteiger partial charge is 0.351 e. The Morgan fingerprint density at radius 2 is 2.12 bits per heavy atom. The highest BCUT2D eigenvalue weighted by atomic mass is 16.1. The molecular weight excluding hydrogens is 302 g/mol. The summed E-state index contributed by atoms with van der Waals surface area (Å²) in [4.78, 5) is 14.6. The first-order valence-corrected chi connectivity index (χ1v) is 8.69. The summed E-state index contributed by atoms with van der Waals surface area (Å²) in [5, 5.41) is 12.3. The minimum absolute atomic E-state index is 0.0441. The van der Waals surface area contributed by atoms with Gasteiger partial charge in [0, 0.05) is 24.2 Å². The van der Waals surface area contributed by atoms with Crippen LogP contribution in [0.1, 0.15) is 34.9 Å². The molecule has 0 saturated carbocycles. The van der Waals surface area contributed by atoms with E-state index in [9.17, 15) is 4.79 Å². The van der Waals surface area contributed by atoms with Crippen LogP contribution in [-0.4, -0.2) is 60.9 Å². The van der Waals surface area contributed by atoms with Gasteiger partial charge in [-0.1, -0.05) is 12.1 Å². The first kappa shape index (κ1) is 16.9. The van der Waals surface area contributed by atoms with Crippen LogP contribution < -0.4 is 10.6 Å². The van der Waals surface area contributed by atoms with Crippen molar-refractivity contribution in [3.8, 4) is 0 Å². The molecular formula is C18H27N5O. The summed E-state index contributed by atoms with van der Waals surface area (Å²) in [7, 11) is 3.99. The number of carbonyl (C=O) groups is 1. The number of amides is 1. The average molecular weight is 329 g/mol. The van der Waals surface area contributed by atoms with Crippen molar-refractivity contribution < 1.29 is 4.79 Å². The van der Waals surface area contributed by atoms with Crippen LogP contribution in [0.5, 0.6) is 0 Å². The zero-order chi connectivity index (χ0) is 17.1. The number of nitrogens with one attached hydrogen (secondary N) is 2.